The van der Waals surface area contributed by atoms with Gasteiger partial charge in [0.1, 0.15) is 11.9 Å². The third kappa shape index (κ3) is 2.67. The lowest BCUT2D eigenvalue weighted by Gasteiger charge is -2.27. The summed E-state index contributed by atoms with van der Waals surface area (Å²) in [4.78, 5) is 21.4. The maximum absolute atomic E-state index is 11.1. The molecule has 98 valence electrons. The van der Waals surface area contributed by atoms with E-state index < -0.39 is 5.97 Å². The van der Waals surface area contributed by atoms with Crippen molar-refractivity contribution >= 4 is 5.97 Å². The zero-order valence-electron chi connectivity index (χ0n) is 10.8. The number of carbonyl (C=O) groups is 1. The Bertz CT molecular complexity index is 434. The minimum absolute atomic E-state index is 0.215. The van der Waals surface area contributed by atoms with Gasteiger partial charge in [0.2, 0.25) is 0 Å². The van der Waals surface area contributed by atoms with E-state index in [0.29, 0.717) is 24.2 Å². The van der Waals surface area contributed by atoms with Gasteiger partial charge in [0, 0.05) is 18.8 Å². The molecule has 18 heavy (non-hydrogen) atoms. The van der Waals surface area contributed by atoms with Crippen molar-refractivity contribution in [3.8, 4) is 0 Å². The molecule has 0 aromatic carbocycles. The Kier molecular flexibility index (Phi) is 3.91. The quantitative estimate of drug-likeness (QED) is 0.881. The lowest BCUT2D eigenvalue weighted by Crippen LogP contribution is -2.33. The van der Waals surface area contributed by atoms with Gasteiger partial charge in [-0.2, -0.15) is 0 Å². The summed E-state index contributed by atoms with van der Waals surface area (Å²) in [5, 5.41) is 9.12. The number of carboxylic acids is 1. The highest BCUT2D eigenvalue weighted by molar-refractivity contribution is 5.88. The number of aromatic nitrogens is 2. The molecule has 1 saturated heterocycles. The van der Waals surface area contributed by atoms with Crippen LogP contribution in [0.15, 0.2) is 12.5 Å². The number of carboxylic acid groups (broad SMARTS) is 1. The Morgan fingerprint density at radius 3 is 3.06 bits per heavy atom. The Hall–Kier alpha value is -1.49. The number of rotatable bonds is 4. The van der Waals surface area contributed by atoms with Gasteiger partial charge in [-0.1, -0.05) is 13.8 Å². The van der Waals surface area contributed by atoms with Gasteiger partial charge in [0.15, 0.2) is 0 Å². The third-order valence-electron chi connectivity index (χ3n) is 3.56. The summed E-state index contributed by atoms with van der Waals surface area (Å²) in [5.41, 5.74) is 0.831. The highest BCUT2D eigenvalue weighted by Gasteiger charge is 2.28. The molecule has 0 aliphatic carbocycles. The first-order chi connectivity index (χ1) is 8.59. The fourth-order valence-electron chi connectivity index (χ4n) is 2.66. The highest BCUT2D eigenvalue weighted by Crippen LogP contribution is 2.25. The van der Waals surface area contributed by atoms with Gasteiger partial charge in [0.25, 0.3) is 0 Å². The fraction of sp³-hybridized carbons (Fsp3) is 0.615. The van der Waals surface area contributed by atoms with E-state index in [2.05, 4.69) is 28.7 Å². The number of nitrogens with zero attached hydrogens (tertiary/aromatic N) is 3. The molecule has 1 fully saturated rings. The van der Waals surface area contributed by atoms with Crippen molar-refractivity contribution < 1.29 is 9.90 Å². The molecule has 5 nitrogen and oxygen atoms in total. The van der Waals surface area contributed by atoms with Gasteiger partial charge < -0.3 is 5.11 Å². The Balaban J connectivity index is 2.16. The van der Waals surface area contributed by atoms with E-state index in [-0.39, 0.29) is 5.56 Å². The predicted octanol–water partition coefficient (Wildman–Crippen LogP) is 1.80. The van der Waals surface area contributed by atoms with E-state index in [1.807, 2.05) is 0 Å². The number of hydrogen-bond donors (Lipinski definition) is 1. The molecular formula is C13H19N3O2. The van der Waals surface area contributed by atoms with Crippen LogP contribution in [0.3, 0.4) is 0 Å². The van der Waals surface area contributed by atoms with Crippen LogP contribution in [0, 0.1) is 5.92 Å². The predicted molar refractivity (Wildman–Crippen MR) is 67.3 cm³/mol. The van der Waals surface area contributed by atoms with E-state index >= 15 is 0 Å². The Morgan fingerprint density at radius 2 is 2.39 bits per heavy atom. The molecule has 2 rings (SSSR count). The van der Waals surface area contributed by atoms with Crippen molar-refractivity contribution in [2.24, 2.45) is 5.92 Å². The highest BCUT2D eigenvalue weighted by atomic mass is 16.4. The van der Waals surface area contributed by atoms with Crippen molar-refractivity contribution in [3.05, 3.63) is 23.8 Å². The second-order valence-corrected chi connectivity index (χ2v) is 5.11. The zero-order chi connectivity index (χ0) is 13.1. The smallest absolute Gasteiger partial charge is 0.339 e. The van der Waals surface area contributed by atoms with Crippen LogP contribution < -0.4 is 0 Å². The van der Waals surface area contributed by atoms with Gasteiger partial charge in [-0.05, 0) is 25.3 Å². The number of likely N-dealkylation sites (tertiary alicyclic amines) is 1. The molecule has 0 radical (unpaired) electrons. The van der Waals surface area contributed by atoms with Gasteiger partial charge in [-0.25, -0.2) is 14.8 Å². The van der Waals surface area contributed by atoms with Crippen molar-refractivity contribution in [1.82, 2.24) is 14.9 Å². The molecule has 1 atom stereocenters. The molecule has 1 unspecified atom stereocenters. The van der Waals surface area contributed by atoms with E-state index in [1.165, 1.54) is 25.4 Å². The van der Waals surface area contributed by atoms with Gasteiger partial charge >= 0.3 is 5.97 Å². The Morgan fingerprint density at radius 1 is 1.61 bits per heavy atom. The van der Waals surface area contributed by atoms with Crippen LogP contribution in [-0.2, 0) is 6.54 Å². The third-order valence-corrected chi connectivity index (χ3v) is 3.56. The number of hydrogen-bond acceptors (Lipinski definition) is 4. The van der Waals surface area contributed by atoms with E-state index in [1.54, 1.807) is 0 Å². The summed E-state index contributed by atoms with van der Waals surface area (Å²) in [6.45, 7) is 6.04. The molecule has 5 heteroatoms. The van der Waals surface area contributed by atoms with Crippen molar-refractivity contribution in [3.63, 3.8) is 0 Å². The summed E-state index contributed by atoms with van der Waals surface area (Å²) < 4.78 is 0. The number of aromatic carboxylic acids is 1. The van der Waals surface area contributed by atoms with Gasteiger partial charge in [-0.15, -0.1) is 0 Å². The molecule has 1 aromatic rings. The standard InChI is InChI=1S/C13H19N3O2/c1-9(2)12-4-3-5-16(12)7-11-10(13(17)18)6-14-8-15-11/h6,8-9,12H,3-5,7H2,1-2H3,(H,17,18). The van der Waals surface area contributed by atoms with E-state index in [4.69, 9.17) is 5.11 Å². The Labute approximate surface area is 107 Å². The first kappa shape index (κ1) is 13.0. The fourth-order valence-corrected chi connectivity index (χ4v) is 2.66. The minimum atomic E-state index is -0.953. The molecule has 1 aliphatic heterocycles. The molecule has 2 heterocycles. The van der Waals surface area contributed by atoms with Crippen LogP contribution >= 0.6 is 0 Å². The van der Waals surface area contributed by atoms with Gasteiger partial charge in [0.05, 0.1) is 5.69 Å². The molecule has 0 spiro atoms. The largest absolute Gasteiger partial charge is 0.478 e. The van der Waals surface area contributed by atoms with Crippen LogP contribution in [0.2, 0.25) is 0 Å². The second kappa shape index (κ2) is 5.44. The van der Waals surface area contributed by atoms with Crippen LogP contribution in [0.25, 0.3) is 0 Å². The maximum atomic E-state index is 11.1. The van der Waals surface area contributed by atoms with Crippen molar-refractivity contribution in [1.29, 1.82) is 0 Å². The monoisotopic (exact) mass is 249 g/mol. The van der Waals surface area contributed by atoms with Crippen molar-refractivity contribution in [2.45, 2.75) is 39.3 Å². The summed E-state index contributed by atoms with van der Waals surface area (Å²) in [6, 6.07) is 0.529. The summed E-state index contributed by atoms with van der Waals surface area (Å²) in [5.74, 6) is -0.367. The van der Waals surface area contributed by atoms with Crippen LogP contribution in [0.1, 0.15) is 42.7 Å². The van der Waals surface area contributed by atoms with Gasteiger partial charge in [-0.3, -0.25) is 4.90 Å². The molecule has 1 N–H and O–H groups in total. The average molecular weight is 249 g/mol. The molecule has 0 amide bonds. The summed E-state index contributed by atoms with van der Waals surface area (Å²) >= 11 is 0. The lowest BCUT2D eigenvalue weighted by atomic mass is 10.0. The summed E-state index contributed by atoms with van der Waals surface area (Å²) in [7, 11) is 0. The first-order valence-electron chi connectivity index (χ1n) is 6.36. The molecule has 0 bridgehead atoms. The summed E-state index contributed by atoms with van der Waals surface area (Å²) in [6.07, 6.45) is 5.16. The van der Waals surface area contributed by atoms with E-state index in [0.717, 1.165) is 6.54 Å². The van der Waals surface area contributed by atoms with Crippen LogP contribution in [0.5, 0.6) is 0 Å². The normalized spacial score (nSPS) is 20.5. The molecule has 0 saturated carbocycles. The van der Waals surface area contributed by atoms with Crippen LogP contribution in [0.4, 0.5) is 0 Å². The SMILES string of the molecule is CC(C)C1CCCN1Cc1ncncc1C(=O)O. The maximum Gasteiger partial charge on any atom is 0.339 e. The van der Waals surface area contributed by atoms with E-state index in [9.17, 15) is 4.79 Å². The average Bonchev–Trinajstić information content (AvgIpc) is 2.77. The first-order valence-corrected chi connectivity index (χ1v) is 6.36. The molecule has 1 aromatic heterocycles. The zero-order valence-corrected chi connectivity index (χ0v) is 10.8. The van der Waals surface area contributed by atoms with Crippen LogP contribution in [-0.4, -0.2) is 38.5 Å². The second-order valence-electron chi connectivity index (χ2n) is 5.11. The minimum Gasteiger partial charge on any atom is -0.478 e. The molecule has 1 aliphatic rings. The molecular weight excluding hydrogens is 230 g/mol. The van der Waals surface area contributed by atoms with Crippen molar-refractivity contribution in [2.75, 3.05) is 6.54 Å². The lowest BCUT2D eigenvalue weighted by molar-refractivity contribution is 0.0692. The topological polar surface area (TPSA) is 66.3 Å².